The van der Waals surface area contributed by atoms with Crippen molar-refractivity contribution in [3.05, 3.63) is 33.2 Å². The van der Waals surface area contributed by atoms with Crippen LogP contribution >= 0.6 is 22.7 Å². The standard InChI is InChI=1S/C14H16O2S2/c1-2-5-15-14(3-1)16-8-13-7-12(10-18-13)11-4-6-17-9-11/h4,6-7,9-10,14H,1-3,5,8H2. The molecular weight excluding hydrogens is 264 g/mol. The van der Waals surface area contributed by atoms with Gasteiger partial charge in [-0.2, -0.15) is 11.3 Å². The molecule has 0 bridgehead atoms. The normalized spacial score (nSPS) is 20.1. The van der Waals surface area contributed by atoms with Crippen LogP contribution in [0.3, 0.4) is 0 Å². The Morgan fingerprint density at radius 3 is 3.06 bits per heavy atom. The molecule has 4 heteroatoms. The van der Waals surface area contributed by atoms with Crippen molar-refractivity contribution in [2.75, 3.05) is 6.61 Å². The van der Waals surface area contributed by atoms with E-state index < -0.39 is 0 Å². The summed E-state index contributed by atoms with van der Waals surface area (Å²) in [6, 6.07) is 4.37. The van der Waals surface area contributed by atoms with Crippen LogP contribution in [0.4, 0.5) is 0 Å². The number of hydrogen-bond acceptors (Lipinski definition) is 4. The van der Waals surface area contributed by atoms with Crippen molar-refractivity contribution in [3.63, 3.8) is 0 Å². The van der Waals surface area contributed by atoms with E-state index in [9.17, 15) is 0 Å². The predicted octanol–water partition coefficient (Wildman–Crippen LogP) is 4.52. The molecule has 1 unspecified atom stereocenters. The van der Waals surface area contributed by atoms with Crippen LogP contribution in [0.15, 0.2) is 28.3 Å². The van der Waals surface area contributed by atoms with Crippen molar-refractivity contribution < 1.29 is 9.47 Å². The summed E-state index contributed by atoms with van der Waals surface area (Å²) < 4.78 is 11.4. The van der Waals surface area contributed by atoms with Gasteiger partial charge in [0, 0.05) is 11.5 Å². The highest BCUT2D eigenvalue weighted by Crippen LogP contribution is 2.28. The predicted molar refractivity (Wildman–Crippen MR) is 76.0 cm³/mol. The summed E-state index contributed by atoms with van der Waals surface area (Å²) >= 11 is 3.49. The Morgan fingerprint density at radius 2 is 2.28 bits per heavy atom. The van der Waals surface area contributed by atoms with E-state index in [1.54, 1.807) is 22.7 Å². The molecule has 1 aliphatic heterocycles. The lowest BCUT2D eigenvalue weighted by Crippen LogP contribution is -2.21. The van der Waals surface area contributed by atoms with Gasteiger partial charge in [-0.15, -0.1) is 11.3 Å². The molecule has 0 saturated carbocycles. The molecule has 1 fully saturated rings. The monoisotopic (exact) mass is 280 g/mol. The van der Waals surface area contributed by atoms with Crippen molar-refractivity contribution in [1.82, 2.24) is 0 Å². The van der Waals surface area contributed by atoms with Crippen LogP contribution in [-0.4, -0.2) is 12.9 Å². The molecule has 0 aromatic carbocycles. The maximum absolute atomic E-state index is 5.79. The summed E-state index contributed by atoms with van der Waals surface area (Å²) in [5.41, 5.74) is 2.60. The van der Waals surface area contributed by atoms with E-state index in [0.717, 1.165) is 13.0 Å². The highest BCUT2D eigenvalue weighted by Gasteiger charge is 2.14. The molecule has 0 radical (unpaired) electrons. The van der Waals surface area contributed by atoms with Crippen LogP contribution in [0, 0.1) is 0 Å². The number of hydrogen-bond donors (Lipinski definition) is 0. The Hall–Kier alpha value is -0.680. The highest BCUT2D eigenvalue weighted by atomic mass is 32.1. The summed E-state index contributed by atoms with van der Waals surface area (Å²) in [7, 11) is 0. The fourth-order valence-electron chi connectivity index (χ4n) is 2.05. The molecule has 0 N–H and O–H groups in total. The van der Waals surface area contributed by atoms with Gasteiger partial charge in [-0.1, -0.05) is 0 Å². The largest absolute Gasteiger partial charge is 0.353 e. The van der Waals surface area contributed by atoms with E-state index >= 15 is 0 Å². The molecule has 0 amide bonds. The van der Waals surface area contributed by atoms with Gasteiger partial charge in [0.1, 0.15) is 0 Å². The lowest BCUT2D eigenvalue weighted by atomic mass is 10.2. The molecule has 1 aliphatic rings. The van der Waals surface area contributed by atoms with Gasteiger partial charge in [0.25, 0.3) is 0 Å². The van der Waals surface area contributed by atoms with Crippen molar-refractivity contribution in [2.45, 2.75) is 32.2 Å². The first kappa shape index (κ1) is 12.4. The average molecular weight is 280 g/mol. The number of ether oxygens (including phenoxy) is 2. The molecule has 18 heavy (non-hydrogen) atoms. The first-order valence-corrected chi connectivity index (χ1v) is 8.07. The van der Waals surface area contributed by atoms with Crippen LogP contribution in [-0.2, 0) is 16.1 Å². The lowest BCUT2D eigenvalue weighted by molar-refractivity contribution is -0.168. The SMILES string of the molecule is c1cc(-c2csc(COC3CCCCO3)c2)cs1. The fraction of sp³-hybridized carbons (Fsp3) is 0.429. The third kappa shape index (κ3) is 3.01. The van der Waals surface area contributed by atoms with Crippen molar-refractivity contribution in [2.24, 2.45) is 0 Å². The third-order valence-corrected chi connectivity index (χ3v) is 4.65. The van der Waals surface area contributed by atoms with Crippen LogP contribution in [0.25, 0.3) is 11.1 Å². The topological polar surface area (TPSA) is 18.5 Å². The van der Waals surface area contributed by atoms with Gasteiger partial charge in [0.05, 0.1) is 6.61 Å². The Morgan fingerprint density at radius 1 is 1.28 bits per heavy atom. The van der Waals surface area contributed by atoms with E-state index in [-0.39, 0.29) is 6.29 Å². The summed E-state index contributed by atoms with van der Waals surface area (Å²) in [6.45, 7) is 1.51. The second-order valence-electron chi connectivity index (χ2n) is 4.42. The molecule has 3 rings (SSSR count). The summed E-state index contributed by atoms with van der Waals surface area (Å²) in [5, 5.41) is 6.48. The fourth-order valence-corrected chi connectivity index (χ4v) is 3.53. The first-order valence-electron chi connectivity index (χ1n) is 6.25. The third-order valence-electron chi connectivity index (χ3n) is 3.06. The zero-order valence-corrected chi connectivity index (χ0v) is 11.8. The van der Waals surface area contributed by atoms with E-state index in [2.05, 4.69) is 28.3 Å². The Kier molecular flexibility index (Phi) is 4.10. The minimum atomic E-state index is 0.00504. The number of thiophene rings is 2. The quantitative estimate of drug-likeness (QED) is 0.819. The van der Waals surface area contributed by atoms with Crippen LogP contribution in [0.1, 0.15) is 24.1 Å². The minimum absolute atomic E-state index is 0.00504. The van der Waals surface area contributed by atoms with Gasteiger partial charge < -0.3 is 9.47 Å². The first-order chi connectivity index (χ1) is 8.92. The van der Waals surface area contributed by atoms with Gasteiger partial charge >= 0.3 is 0 Å². The average Bonchev–Trinajstić information content (AvgIpc) is 3.08. The van der Waals surface area contributed by atoms with Crippen LogP contribution < -0.4 is 0 Å². The van der Waals surface area contributed by atoms with E-state index in [1.807, 2.05) is 0 Å². The Balaban J connectivity index is 1.57. The number of rotatable bonds is 4. The summed E-state index contributed by atoms with van der Waals surface area (Å²) in [5.74, 6) is 0. The maximum atomic E-state index is 5.79. The minimum Gasteiger partial charge on any atom is -0.353 e. The summed E-state index contributed by atoms with van der Waals surface area (Å²) in [6.07, 6.45) is 3.42. The van der Waals surface area contributed by atoms with Crippen molar-refractivity contribution in [3.8, 4) is 11.1 Å². The summed E-state index contributed by atoms with van der Waals surface area (Å²) in [4.78, 5) is 1.27. The smallest absolute Gasteiger partial charge is 0.158 e. The van der Waals surface area contributed by atoms with Gasteiger partial charge in [-0.05, 0) is 58.7 Å². The zero-order chi connectivity index (χ0) is 12.2. The Bertz CT molecular complexity index is 470. The molecule has 1 atom stereocenters. The van der Waals surface area contributed by atoms with Crippen LogP contribution in [0.2, 0.25) is 0 Å². The molecule has 0 aliphatic carbocycles. The zero-order valence-electron chi connectivity index (χ0n) is 10.1. The highest BCUT2D eigenvalue weighted by molar-refractivity contribution is 7.10. The lowest BCUT2D eigenvalue weighted by Gasteiger charge is -2.22. The van der Waals surface area contributed by atoms with Crippen molar-refractivity contribution in [1.29, 1.82) is 0 Å². The van der Waals surface area contributed by atoms with Crippen molar-refractivity contribution >= 4 is 22.7 Å². The molecule has 0 spiro atoms. The Labute approximate surface area is 115 Å². The van der Waals surface area contributed by atoms with Gasteiger partial charge in [-0.3, -0.25) is 0 Å². The second kappa shape index (κ2) is 5.97. The molecule has 2 aromatic rings. The van der Waals surface area contributed by atoms with E-state index in [4.69, 9.17) is 9.47 Å². The van der Waals surface area contributed by atoms with E-state index in [0.29, 0.717) is 6.61 Å². The molecule has 96 valence electrons. The van der Waals surface area contributed by atoms with Crippen LogP contribution in [0.5, 0.6) is 0 Å². The molecule has 1 saturated heterocycles. The molecule has 2 aromatic heterocycles. The van der Waals surface area contributed by atoms with Gasteiger partial charge in [0.15, 0.2) is 6.29 Å². The van der Waals surface area contributed by atoms with Gasteiger partial charge in [-0.25, -0.2) is 0 Å². The molecule has 3 heterocycles. The van der Waals surface area contributed by atoms with Gasteiger partial charge in [0.2, 0.25) is 0 Å². The van der Waals surface area contributed by atoms with E-state index in [1.165, 1.54) is 28.8 Å². The molecule has 2 nitrogen and oxygen atoms in total. The maximum Gasteiger partial charge on any atom is 0.158 e. The molecular formula is C14H16O2S2. The second-order valence-corrected chi connectivity index (χ2v) is 6.20.